The number of ether oxygens (including phenoxy) is 1. The summed E-state index contributed by atoms with van der Waals surface area (Å²) in [7, 11) is 1.85. The van der Waals surface area contributed by atoms with Gasteiger partial charge in [-0.2, -0.15) is 0 Å². The minimum atomic E-state index is -0.416. The predicted octanol–water partition coefficient (Wildman–Crippen LogP) is 6.55. The molecule has 194 valence electrons. The second kappa shape index (κ2) is 13.2. The van der Waals surface area contributed by atoms with Gasteiger partial charge in [-0.15, -0.1) is 0 Å². The van der Waals surface area contributed by atoms with Crippen LogP contribution in [-0.4, -0.2) is 46.4 Å². The highest BCUT2D eigenvalue weighted by Gasteiger charge is 2.27. The Bertz CT molecular complexity index is 1160. The van der Waals surface area contributed by atoms with Gasteiger partial charge in [0.25, 0.3) is 5.69 Å². The fourth-order valence-corrected chi connectivity index (χ4v) is 4.76. The van der Waals surface area contributed by atoms with Crippen LogP contribution in [0.2, 0.25) is 0 Å². The summed E-state index contributed by atoms with van der Waals surface area (Å²) in [5.74, 6) is 0.514. The number of fused-ring (bicyclic) bond motifs is 1. The molecule has 0 unspecified atom stereocenters. The maximum Gasteiger partial charge on any atom is 0.279 e. The maximum atomic E-state index is 13.6. The molecule has 36 heavy (non-hydrogen) atoms. The highest BCUT2D eigenvalue weighted by molar-refractivity contribution is 6.19. The van der Waals surface area contributed by atoms with E-state index in [2.05, 4.69) is 18.7 Å². The predicted molar refractivity (Wildman–Crippen MR) is 145 cm³/mol. The van der Waals surface area contributed by atoms with Gasteiger partial charge in [-0.1, -0.05) is 39.7 Å². The van der Waals surface area contributed by atoms with Gasteiger partial charge in [0.2, 0.25) is 0 Å². The largest absolute Gasteiger partial charge is 0.494 e. The van der Waals surface area contributed by atoms with Crippen LogP contribution in [0.25, 0.3) is 10.9 Å². The molecule has 0 saturated heterocycles. The Kier molecular flexibility index (Phi) is 10.1. The van der Waals surface area contributed by atoms with E-state index < -0.39 is 4.92 Å². The molecule has 0 saturated carbocycles. The second-order valence-corrected chi connectivity index (χ2v) is 9.27. The van der Waals surface area contributed by atoms with Gasteiger partial charge in [0, 0.05) is 30.9 Å². The Hall–Kier alpha value is -3.19. The number of hydrogen-bond donors (Lipinski definition) is 0. The Morgan fingerprint density at radius 2 is 1.61 bits per heavy atom. The molecule has 0 aliphatic rings. The van der Waals surface area contributed by atoms with E-state index in [9.17, 15) is 14.9 Å². The molecule has 0 radical (unpaired) electrons. The molecule has 1 heterocycles. The number of hydrogen-bond acceptors (Lipinski definition) is 5. The third-order valence-electron chi connectivity index (χ3n) is 6.74. The third kappa shape index (κ3) is 6.32. The lowest BCUT2D eigenvalue weighted by Crippen LogP contribution is -2.28. The van der Waals surface area contributed by atoms with E-state index in [1.165, 1.54) is 31.7 Å². The van der Waals surface area contributed by atoms with E-state index in [4.69, 9.17) is 4.74 Å². The summed E-state index contributed by atoms with van der Waals surface area (Å²) in [6.07, 6.45) is 6.40. The number of carbonyl (C=O) groups excluding carboxylic acids is 1. The molecule has 2 aromatic carbocycles. The van der Waals surface area contributed by atoms with E-state index >= 15 is 0 Å². The average Bonchev–Trinajstić information content (AvgIpc) is 3.19. The van der Waals surface area contributed by atoms with Crippen molar-refractivity contribution in [3.63, 3.8) is 0 Å². The van der Waals surface area contributed by atoms with Crippen molar-refractivity contribution in [1.29, 1.82) is 0 Å². The number of unbranched alkanes of at least 4 members (excludes halogenated alkanes) is 2. The molecule has 0 bridgehead atoms. The Morgan fingerprint density at radius 1 is 0.972 bits per heavy atom. The number of aromatic nitrogens is 1. The summed E-state index contributed by atoms with van der Waals surface area (Å²) in [6.45, 7) is 10.3. The quantitative estimate of drug-likeness (QED) is 0.104. The summed E-state index contributed by atoms with van der Waals surface area (Å²) in [6, 6.07) is 12.1. The standard InChI is InChI=1S/C29H39N3O4/c1-5-8-18-31(19-9-6-2)20-11-21-36-23-16-14-22(15-17-23)29(33)28-24(7-3)30(4)25-12-10-13-26(27(25)28)32(34)35/h10,12-17H,5-9,11,18-21H2,1-4H3. The molecule has 1 aromatic heterocycles. The number of aryl methyl sites for hydroxylation is 1. The van der Waals surface area contributed by atoms with Crippen LogP contribution in [0.1, 0.15) is 74.5 Å². The van der Waals surface area contributed by atoms with Crippen LogP contribution >= 0.6 is 0 Å². The van der Waals surface area contributed by atoms with Gasteiger partial charge >= 0.3 is 0 Å². The van der Waals surface area contributed by atoms with E-state index in [0.717, 1.165) is 37.5 Å². The summed E-state index contributed by atoms with van der Waals surface area (Å²) in [4.78, 5) is 27.4. The van der Waals surface area contributed by atoms with Crippen molar-refractivity contribution < 1.29 is 14.5 Å². The number of non-ortho nitro benzene ring substituents is 1. The van der Waals surface area contributed by atoms with Crippen LogP contribution in [0, 0.1) is 10.1 Å². The molecule has 0 fully saturated rings. The molecule has 0 aliphatic heterocycles. The normalized spacial score (nSPS) is 11.4. The molecule has 7 heteroatoms. The molecule has 0 amide bonds. The van der Waals surface area contributed by atoms with Crippen molar-refractivity contribution in [2.24, 2.45) is 7.05 Å². The minimum absolute atomic E-state index is 0.0435. The lowest BCUT2D eigenvalue weighted by Gasteiger charge is -2.21. The van der Waals surface area contributed by atoms with Gasteiger partial charge in [0.15, 0.2) is 5.78 Å². The van der Waals surface area contributed by atoms with Crippen molar-refractivity contribution in [3.8, 4) is 5.75 Å². The summed E-state index contributed by atoms with van der Waals surface area (Å²) in [5, 5.41) is 12.1. The number of carbonyl (C=O) groups is 1. The van der Waals surface area contributed by atoms with E-state index in [-0.39, 0.29) is 11.5 Å². The van der Waals surface area contributed by atoms with Gasteiger partial charge < -0.3 is 14.2 Å². The maximum absolute atomic E-state index is 13.6. The monoisotopic (exact) mass is 493 g/mol. The fraction of sp³-hybridized carbons (Fsp3) is 0.483. The molecule has 7 nitrogen and oxygen atoms in total. The SMILES string of the molecule is CCCCN(CCCC)CCCOc1ccc(C(=O)c2c(CC)n(C)c3cccc([N+](=O)[O-])c23)cc1. The number of nitro groups is 1. The van der Waals surface area contributed by atoms with E-state index in [1.807, 2.05) is 36.7 Å². The average molecular weight is 494 g/mol. The number of nitro benzene ring substituents is 1. The minimum Gasteiger partial charge on any atom is -0.494 e. The van der Waals surface area contributed by atoms with Crippen LogP contribution in [0.3, 0.4) is 0 Å². The van der Waals surface area contributed by atoms with Crippen LogP contribution in [-0.2, 0) is 13.5 Å². The van der Waals surface area contributed by atoms with Crippen molar-refractivity contribution >= 4 is 22.4 Å². The molecule has 0 spiro atoms. The number of ketones is 1. The van der Waals surface area contributed by atoms with Crippen LogP contribution in [0.15, 0.2) is 42.5 Å². The summed E-state index contributed by atoms with van der Waals surface area (Å²) < 4.78 is 7.83. The van der Waals surface area contributed by atoms with E-state index in [0.29, 0.717) is 35.1 Å². The number of nitrogens with zero attached hydrogens (tertiary/aromatic N) is 3. The molecular formula is C29H39N3O4. The van der Waals surface area contributed by atoms with Crippen LogP contribution < -0.4 is 4.74 Å². The topological polar surface area (TPSA) is 77.6 Å². The van der Waals surface area contributed by atoms with Crippen molar-refractivity contribution in [2.45, 2.75) is 59.3 Å². The zero-order chi connectivity index (χ0) is 26.1. The Balaban J connectivity index is 1.71. The third-order valence-corrected chi connectivity index (χ3v) is 6.74. The first-order valence-electron chi connectivity index (χ1n) is 13.2. The molecular weight excluding hydrogens is 454 g/mol. The fourth-order valence-electron chi connectivity index (χ4n) is 4.76. The smallest absolute Gasteiger partial charge is 0.279 e. The van der Waals surface area contributed by atoms with Crippen molar-refractivity contribution in [3.05, 3.63) is 69.4 Å². The Morgan fingerprint density at radius 3 is 2.19 bits per heavy atom. The summed E-state index contributed by atoms with van der Waals surface area (Å²) >= 11 is 0. The Labute approximate surface area is 214 Å². The zero-order valence-electron chi connectivity index (χ0n) is 22.1. The van der Waals surface area contributed by atoms with Gasteiger partial charge in [-0.3, -0.25) is 14.9 Å². The van der Waals surface area contributed by atoms with Gasteiger partial charge in [-0.05, 0) is 69.1 Å². The molecule has 0 atom stereocenters. The first-order chi connectivity index (χ1) is 17.4. The van der Waals surface area contributed by atoms with Gasteiger partial charge in [0.05, 0.1) is 28.0 Å². The van der Waals surface area contributed by atoms with Crippen molar-refractivity contribution in [1.82, 2.24) is 9.47 Å². The molecule has 3 rings (SSSR count). The summed E-state index contributed by atoms with van der Waals surface area (Å²) in [5.41, 5.74) is 2.35. The molecule has 0 N–H and O–H groups in total. The van der Waals surface area contributed by atoms with Crippen LogP contribution in [0.4, 0.5) is 5.69 Å². The van der Waals surface area contributed by atoms with Crippen molar-refractivity contribution in [2.75, 3.05) is 26.2 Å². The first-order valence-corrected chi connectivity index (χ1v) is 13.2. The van der Waals surface area contributed by atoms with E-state index in [1.54, 1.807) is 18.2 Å². The van der Waals surface area contributed by atoms with Gasteiger partial charge in [0.1, 0.15) is 5.75 Å². The molecule has 3 aromatic rings. The number of rotatable bonds is 15. The van der Waals surface area contributed by atoms with Crippen LogP contribution in [0.5, 0.6) is 5.75 Å². The lowest BCUT2D eigenvalue weighted by molar-refractivity contribution is -0.383. The zero-order valence-corrected chi connectivity index (χ0v) is 22.1. The second-order valence-electron chi connectivity index (χ2n) is 9.27. The first kappa shape index (κ1) is 27.4. The number of benzene rings is 2. The lowest BCUT2D eigenvalue weighted by atomic mass is 9.98. The molecule has 0 aliphatic carbocycles. The highest BCUT2D eigenvalue weighted by atomic mass is 16.6. The van der Waals surface area contributed by atoms with Gasteiger partial charge in [-0.25, -0.2) is 0 Å². The highest BCUT2D eigenvalue weighted by Crippen LogP contribution is 2.35.